The lowest BCUT2D eigenvalue weighted by atomic mass is 9.95. The largest absolute Gasteiger partial charge is 0.383 e. The van der Waals surface area contributed by atoms with Crippen LogP contribution in [0.25, 0.3) is 0 Å². The smallest absolute Gasteiger partial charge is 0.248 e. The molecule has 2 heterocycles. The van der Waals surface area contributed by atoms with Gasteiger partial charge in [0.2, 0.25) is 11.9 Å². The molecule has 1 amide bonds. The van der Waals surface area contributed by atoms with Gasteiger partial charge in [-0.2, -0.15) is 9.97 Å². The van der Waals surface area contributed by atoms with Crippen molar-refractivity contribution in [2.24, 2.45) is 0 Å². The molecule has 10 nitrogen and oxygen atoms in total. The number of nitrogens with zero attached hydrogens (tertiary/aromatic N) is 4. The number of nitrogens with two attached hydrogens (primary N) is 1. The highest BCUT2D eigenvalue weighted by Crippen LogP contribution is 2.19. The Morgan fingerprint density at radius 3 is 2.42 bits per heavy atom. The zero-order valence-corrected chi connectivity index (χ0v) is 22.8. The molecule has 1 saturated heterocycles. The maximum Gasteiger partial charge on any atom is 0.248 e. The Morgan fingerprint density at radius 1 is 1.00 bits per heavy atom. The van der Waals surface area contributed by atoms with Gasteiger partial charge in [0.15, 0.2) is 0 Å². The standard InChI is InChI=1S/C28H44N8O2/c1-38-21-27(37)36-16-14-35(15-17-36)26-18-25(29)33-28(34-26)32-20-23-10-8-22(9-11-23)19-30-12-5-13-31-24-6-3-2-4-7-24/h8-11,18,24,30-31H,2-7,12-17,19-21H2,1H3,(H3,29,32,33,34). The molecule has 0 bridgehead atoms. The van der Waals surface area contributed by atoms with E-state index in [4.69, 9.17) is 10.5 Å². The highest BCUT2D eigenvalue weighted by molar-refractivity contribution is 5.77. The van der Waals surface area contributed by atoms with Crippen LogP contribution < -0.4 is 26.6 Å². The Labute approximate surface area is 226 Å². The molecule has 4 rings (SSSR count). The summed E-state index contributed by atoms with van der Waals surface area (Å²) in [5.74, 6) is 1.71. The van der Waals surface area contributed by atoms with Gasteiger partial charge in [0, 0.05) is 58.5 Å². The fourth-order valence-corrected chi connectivity index (χ4v) is 5.11. The van der Waals surface area contributed by atoms with Crippen molar-refractivity contribution in [3.8, 4) is 0 Å². The first-order valence-corrected chi connectivity index (χ1v) is 14.0. The van der Waals surface area contributed by atoms with Crippen LogP contribution in [0.5, 0.6) is 0 Å². The quantitative estimate of drug-likeness (QED) is 0.293. The Kier molecular flexibility index (Phi) is 11.0. The SMILES string of the molecule is COCC(=O)N1CCN(c2cc(N)nc(NCc3ccc(CNCCCNC4CCCCC4)cc3)n2)CC1. The van der Waals surface area contributed by atoms with Crippen LogP contribution in [-0.4, -0.2) is 79.8 Å². The van der Waals surface area contributed by atoms with Gasteiger partial charge in [-0.15, -0.1) is 0 Å². The summed E-state index contributed by atoms with van der Waals surface area (Å²) in [6, 6.07) is 11.1. The van der Waals surface area contributed by atoms with Gasteiger partial charge in [0.1, 0.15) is 18.2 Å². The summed E-state index contributed by atoms with van der Waals surface area (Å²) in [5.41, 5.74) is 8.51. The van der Waals surface area contributed by atoms with Gasteiger partial charge in [-0.25, -0.2) is 0 Å². The number of carbonyl (C=O) groups excluding carboxylic acids is 1. The number of hydrogen-bond donors (Lipinski definition) is 4. The van der Waals surface area contributed by atoms with E-state index in [9.17, 15) is 4.79 Å². The number of ether oxygens (including phenoxy) is 1. The lowest BCUT2D eigenvalue weighted by Crippen LogP contribution is -2.50. The maximum atomic E-state index is 12.1. The molecule has 1 saturated carbocycles. The highest BCUT2D eigenvalue weighted by atomic mass is 16.5. The van der Waals surface area contributed by atoms with Crippen molar-refractivity contribution in [1.82, 2.24) is 25.5 Å². The van der Waals surface area contributed by atoms with Crippen molar-refractivity contribution in [3.63, 3.8) is 0 Å². The van der Waals surface area contributed by atoms with Gasteiger partial charge < -0.3 is 36.2 Å². The van der Waals surface area contributed by atoms with Gasteiger partial charge in [0.05, 0.1) is 0 Å². The maximum absolute atomic E-state index is 12.1. The fraction of sp³-hybridized carbons (Fsp3) is 0.607. The van der Waals surface area contributed by atoms with E-state index in [1.165, 1.54) is 44.8 Å². The summed E-state index contributed by atoms with van der Waals surface area (Å²) < 4.78 is 4.96. The predicted molar refractivity (Wildman–Crippen MR) is 152 cm³/mol. The molecular weight excluding hydrogens is 480 g/mol. The molecule has 0 radical (unpaired) electrons. The minimum Gasteiger partial charge on any atom is -0.383 e. The zero-order chi connectivity index (χ0) is 26.6. The van der Waals surface area contributed by atoms with Gasteiger partial charge in [-0.3, -0.25) is 4.79 Å². The Morgan fingerprint density at radius 2 is 1.71 bits per heavy atom. The molecule has 2 aliphatic rings. The van der Waals surface area contributed by atoms with Gasteiger partial charge in [0.25, 0.3) is 0 Å². The van der Waals surface area contributed by atoms with E-state index in [2.05, 4.69) is 55.1 Å². The Bertz CT molecular complexity index is 989. The van der Waals surface area contributed by atoms with Crippen molar-refractivity contribution < 1.29 is 9.53 Å². The van der Waals surface area contributed by atoms with Crippen LogP contribution >= 0.6 is 0 Å². The number of piperazine rings is 1. The van der Waals surface area contributed by atoms with Crippen molar-refractivity contribution in [1.29, 1.82) is 0 Å². The van der Waals surface area contributed by atoms with E-state index in [0.717, 1.165) is 43.5 Å². The van der Waals surface area contributed by atoms with Crippen molar-refractivity contribution in [3.05, 3.63) is 41.5 Å². The lowest BCUT2D eigenvalue weighted by Gasteiger charge is -2.35. The molecule has 10 heteroatoms. The molecule has 1 aliphatic carbocycles. The predicted octanol–water partition coefficient (Wildman–Crippen LogP) is 2.37. The van der Waals surface area contributed by atoms with Crippen LogP contribution in [0.2, 0.25) is 0 Å². The number of hydrogen-bond acceptors (Lipinski definition) is 9. The molecule has 0 spiro atoms. The molecule has 0 atom stereocenters. The zero-order valence-electron chi connectivity index (χ0n) is 22.8. The first-order valence-electron chi connectivity index (χ1n) is 14.0. The average molecular weight is 525 g/mol. The van der Waals surface area contributed by atoms with Crippen molar-refractivity contribution in [2.75, 3.05) is 68.9 Å². The molecular formula is C28H44N8O2. The minimum absolute atomic E-state index is 0.0145. The molecule has 1 aliphatic heterocycles. The van der Waals surface area contributed by atoms with Crippen LogP contribution in [0.3, 0.4) is 0 Å². The average Bonchev–Trinajstić information content (AvgIpc) is 2.95. The highest BCUT2D eigenvalue weighted by Gasteiger charge is 2.22. The second-order valence-electron chi connectivity index (χ2n) is 10.3. The lowest BCUT2D eigenvalue weighted by molar-refractivity contribution is -0.135. The number of benzene rings is 1. The summed E-state index contributed by atoms with van der Waals surface area (Å²) in [6.45, 7) is 6.38. The third-order valence-electron chi connectivity index (χ3n) is 7.33. The topological polar surface area (TPSA) is 121 Å². The van der Waals surface area contributed by atoms with Crippen LogP contribution in [0.15, 0.2) is 30.3 Å². The molecule has 1 aromatic carbocycles. The molecule has 38 heavy (non-hydrogen) atoms. The molecule has 208 valence electrons. The minimum atomic E-state index is 0.0145. The molecule has 1 aromatic heterocycles. The van der Waals surface area contributed by atoms with Crippen LogP contribution in [-0.2, 0) is 22.6 Å². The number of nitrogens with one attached hydrogen (secondary N) is 3. The van der Waals surface area contributed by atoms with E-state index in [0.29, 0.717) is 44.5 Å². The van der Waals surface area contributed by atoms with Gasteiger partial charge in [-0.1, -0.05) is 43.5 Å². The van der Waals surface area contributed by atoms with E-state index < -0.39 is 0 Å². The summed E-state index contributed by atoms with van der Waals surface area (Å²) in [5, 5.41) is 10.6. The second-order valence-corrected chi connectivity index (χ2v) is 10.3. The fourth-order valence-electron chi connectivity index (χ4n) is 5.11. The second kappa shape index (κ2) is 14.8. The van der Waals surface area contributed by atoms with Gasteiger partial charge in [-0.05, 0) is 43.5 Å². The van der Waals surface area contributed by atoms with Crippen molar-refractivity contribution in [2.45, 2.75) is 57.7 Å². The summed E-state index contributed by atoms with van der Waals surface area (Å²) in [4.78, 5) is 25.0. The Balaban J connectivity index is 1.17. The van der Waals surface area contributed by atoms with Crippen molar-refractivity contribution >= 4 is 23.5 Å². The van der Waals surface area contributed by atoms with E-state index in [-0.39, 0.29) is 12.5 Å². The third kappa shape index (κ3) is 8.82. The summed E-state index contributed by atoms with van der Waals surface area (Å²) >= 11 is 0. The number of carbonyl (C=O) groups is 1. The molecule has 5 N–H and O–H groups in total. The monoisotopic (exact) mass is 524 g/mol. The first kappa shape index (κ1) is 28.1. The molecule has 0 unspecified atom stereocenters. The molecule has 2 fully saturated rings. The molecule has 2 aromatic rings. The van der Waals surface area contributed by atoms with E-state index >= 15 is 0 Å². The number of methoxy groups -OCH3 is 1. The van der Waals surface area contributed by atoms with Gasteiger partial charge >= 0.3 is 0 Å². The Hall–Kier alpha value is -2.95. The summed E-state index contributed by atoms with van der Waals surface area (Å²) in [6.07, 6.45) is 8.01. The normalized spacial score (nSPS) is 16.6. The first-order chi connectivity index (χ1) is 18.6. The number of nitrogen functional groups attached to an aromatic ring is 1. The van der Waals surface area contributed by atoms with Crippen LogP contribution in [0, 0.1) is 0 Å². The van der Waals surface area contributed by atoms with E-state index in [1.54, 1.807) is 6.07 Å². The number of amides is 1. The van der Waals surface area contributed by atoms with E-state index in [1.807, 2.05) is 4.90 Å². The number of rotatable bonds is 13. The van der Waals surface area contributed by atoms with Crippen LogP contribution in [0.1, 0.15) is 49.7 Å². The number of anilines is 3. The van der Waals surface area contributed by atoms with Crippen LogP contribution in [0.4, 0.5) is 17.6 Å². The third-order valence-corrected chi connectivity index (χ3v) is 7.33. The summed E-state index contributed by atoms with van der Waals surface area (Å²) in [7, 11) is 1.54. The number of aromatic nitrogens is 2.